The minimum absolute atomic E-state index is 0.0482. The van der Waals surface area contributed by atoms with Crippen molar-refractivity contribution in [3.05, 3.63) is 34.2 Å². The molecule has 3 N–H and O–H groups in total. The van der Waals surface area contributed by atoms with Gasteiger partial charge in [-0.25, -0.2) is 0 Å². The van der Waals surface area contributed by atoms with Crippen molar-refractivity contribution in [3.63, 3.8) is 0 Å². The van der Waals surface area contributed by atoms with Gasteiger partial charge in [0.1, 0.15) is 18.2 Å². The van der Waals surface area contributed by atoms with Gasteiger partial charge in [-0.3, -0.25) is 9.59 Å². The second-order valence-electron chi connectivity index (χ2n) is 8.90. The van der Waals surface area contributed by atoms with Gasteiger partial charge < -0.3 is 34.8 Å². The van der Waals surface area contributed by atoms with Crippen LogP contribution < -0.4 is 25.7 Å². The van der Waals surface area contributed by atoms with E-state index in [0.717, 1.165) is 12.3 Å². The second-order valence-corrected chi connectivity index (χ2v) is 11.8. The first-order chi connectivity index (χ1) is 16.2. The van der Waals surface area contributed by atoms with Crippen LogP contribution in [0.4, 0.5) is 11.4 Å². The Morgan fingerprint density at radius 2 is 2.03 bits per heavy atom. The van der Waals surface area contributed by atoms with Gasteiger partial charge >= 0.3 is 0 Å². The number of nitrogens with zero attached hydrogens (tertiary/aromatic N) is 1. The van der Waals surface area contributed by atoms with Crippen LogP contribution in [0.5, 0.6) is 11.5 Å². The number of methoxy groups -OCH3 is 1. The molecule has 1 aromatic carbocycles. The van der Waals surface area contributed by atoms with Crippen LogP contribution >= 0.6 is 0 Å². The van der Waals surface area contributed by atoms with Crippen molar-refractivity contribution in [1.29, 1.82) is 5.41 Å². The summed E-state index contributed by atoms with van der Waals surface area (Å²) < 4.78 is 18.7. The lowest BCUT2D eigenvalue weighted by Gasteiger charge is -2.30. The molecule has 183 valence electrons. The Morgan fingerprint density at radius 3 is 2.65 bits per heavy atom. The van der Waals surface area contributed by atoms with E-state index in [0.29, 0.717) is 40.5 Å². The maximum atomic E-state index is 12.9. The highest BCUT2D eigenvalue weighted by Crippen LogP contribution is 2.44. The Labute approximate surface area is 201 Å². The monoisotopic (exact) mass is 485 g/mol. The number of anilines is 2. The van der Waals surface area contributed by atoms with Crippen LogP contribution in [0.25, 0.3) is 11.1 Å². The molecule has 10 heteroatoms. The molecule has 1 radical (unpaired) electrons. The van der Waals surface area contributed by atoms with Gasteiger partial charge in [-0.15, -0.1) is 0 Å². The van der Waals surface area contributed by atoms with Crippen LogP contribution in [-0.2, 0) is 16.6 Å². The Bertz CT molecular complexity index is 1130. The van der Waals surface area contributed by atoms with Crippen LogP contribution in [0, 0.1) is 11.3 Å². The van der Waals surface area contributed by atoms with E-state index in [2.05, 4.69) is 23.7 Å². The van der Waals surface area contributed by atoms with Crippen molar-refractivity contribution in [3.8, 4) is 22.6 Å². The maximum Gasteiger partial charge on any atom is 0.274 e. The van der Waals surface area contributed by atoms with Crippen molar-refractivity contribution in [2.45, 2.75) is 39.1 Å². The molecule has 34 heavy (non-hydrogen) atoms. The molecule has 1 aromatic heterocycles. The number of aromatic nitrogens is 1. The van der Waals surface area contributed by atoms with Crippen molar-refractivity contribution < 1.29 is 19.0 Å². The molecular weight excluding hydrogens is 452 g/mol. The predicted octanol–water partition coefficient (Wildman–Crippen LogP) is 3.55. The van der Waals surface area contributed by atoms with E-state index in [1.54, 1.807) is 25.4 Å². The zero-order valence-corrected chi connectivity index (χ0v) is 21.6. The highest BCUT2D eigenvalue weighted by Gasteiger charge is 2.33. The summed E-state index contributed by atoms with van der Waals surface area (Å²) in [6, 6.07) is 4.49. The summed E-state index contributed by atoms with van der Waals surface area (Å²) in [4.78, 5) is 25.5. The minimum atomic E-state index is -0.662. The fraction of sp³-hybridized carbons (Fsp3) is 0.458. The van der Waals surface area contributed by atoms with Crippen molar-refractivity contribution >= 4 is 32.3 Å². The number of rotatable bonds is 10. The van der Waals surface area contributed by atoms with Crippen molar-refractivity contribution in [1.82, 2.24) is 4.57 Å². The Kier molecular flexibility index (Phi) is 8.16. The van der Waals surface area contributed by atoms with E-state index in [-0.39, 0.29) is 38.6 Å². The molecule has 0 saturated carbocycles. The number of hydrogen-bond donors (Lipinski definition) is 3. The number of nitrogens with one attached hydrogen (secondary N) is 3. The first-order valence-corrected chi connectivity index (χ1v) is 13.9. The lowest BCUT2D eigenvalue weighted by Crippen LogP contribution is -2.40. The van der Waals surface area contributed by atoms with E-state index in [4.69, 9.17) is 19.6 Å². The molecule has 1 amide bonds. The normalized spacial score (nSPS) is 15.1. The number of carbonyl (C=O) groups is 1. The van der Waals surface area contributed by atoms with Gasteiger partial charge in [-0.05, 0) is 18.0 Å². The number of fused-ring (bicyclic) bond motifs is 1. The fourth-order valence-corrected chi connectivity index (χ4v) is 4.27. The molecular formula is C24H33N4O5Si. The van der Waals surface area contributed by atoms with E-state index < -0.39 is 6.10 Å². The second kappa shape index (κ2) is 10.9. The maximum absolute atomic E-state index is 12.9. The SMILES string of the molecule is COc1cc2c(c(-c3cn(C)c(=O)c(NCOCC[Si](C)C)c3C=N)c1)OC(C(C)C)C(=O)N2. The van der Waals surface area contributed by atoms with E-state index in [1.165, 1.54) is 11.7 Å². The number of carbonyl (C=O) groups excluding carboxylic acids is 1. The number of amides is 1. The minimum Gasteiger partial charge on any atom is -0.497 e. The van der Waals surface area contributed by atoms with Crippen molar-refractivity contribution in [2.75, 3.05) is 31.1 Å². The molecule has 1 unspecified atom stereocenters. The number of aryl methyl sites for hydroxylation is 1. The third kappa shape index (κ3) is 5.34. The molecule has 1 aliphatic rings. The van der Waals surface area contributed by atoms with Crippen LogP contribution in [0.3, 0.4) is 0 Å². The zero-order valence-electron chi connectivity index (χ0n) is 20.6. The summed E-state index contributed by atoms with van der Waals surface area (Å²) in [5.74, 6) is 0.717. The van der Waals surface area contributed by atoms with Gasteiger partial charge in [0.05, 0.1) is 12.8 Å². The van der Waals surface area contributed by atoms with Crippen LogP contribution in [0.2, 0.25) is 19.1 Å². The van der Waals surface area contributed by atoms with Gasteiger partial charge in [-0.1, -0.05) is 26.9 Å². The molecule has 1 atom stereocenters. The standard InChI is InChI=1S/C24H33N4O5Si/c1-14(2)21-23(29)27-19-10-15(31-4)9-16(22(19)33-21)18-12-28(3)24(30)20(17(18)11-25)26-13-32-7-8-34(5)6/h9-12,14,21,25-26H,7-8,13H2,1-6H3,(H,27,29). The zero-order chi connectivity index (χ0) is 25.0. The first kappa shape index (κ1) is 25.5. The topological polar surface area (TPSA) is 115 Å². The summed E-state index contributed by atoms with van der Waals surface area (Å²) in [6.07, 6.45) is 2.15. The molecule has 3 rings (SSSR count). The van der Waals surface area contributed by atoms with E-state index in [9.17, 15) is 9.59 Å². The molecule has 0 aliphatic carbocycles. The van der Waals surface area contributed by atoms with Gasteiger partial charge in [0.25, 0.3) is 11.5 Å². The average Bonchev–Trinajstić information content (AvgIpc) is 2.79. The van der Waals surface area contributed by atoms with Crippen LogP contribution in [0.1, 0.15) is 19.4 Å². The van der Waals surface area contributed by atoms with Gasteiger partial charge in [0.2, 0.25) is 0 Å². The third-order valence-electron chi connectivity index (χ3n) is 5.61. The summed E-state index contributed by atoms with van der Waals surface area (Å²) in [6.45, 7) is 9.04. The van der Waals surface area contributed by atoms with Crippen LogP contribution in [0.15, 0.2) is 23.1 Å². The van der Waals surface area contributed by atoms with Crippen molar-refractivity contribution in [2.24, 2.45) is 13.0 Å². The fourth-order valence-electron chi connectivity index (χ4n) is 3.72. The Balaban J connectivity index is 2.10. The number of benzene rings is 1. The molecule has 2 aromatic rings. The predicted molar refractivity (Wildman–Crippen MR) is 136 cm³/mol. The van der Waals surface area contributed by atoms with Crippen LogP contribution in [-0.4, -0.2) is 52.0 Å². The number of pyridine rings is 1. The molecule has 2 heterocycles. The summed E-state index contributed by atoms with van der Waals surface area (Å²) in [5, 5.41) is 14.1. The highest BCUT2D eigenvalue weighted by molar-refractivity contribution is 6.55. The lowest BCUT2D eigenvalue weighted by atomic mass is 9.97. The number of ether oxygens (including phenoxy) is 3. The average molecular weight is 486 g/mol. The lowest BCUT2D eigenvalue weighted by molar-refractivity contribution is -0.125. The molecule has 9 nitrogen and oxygen atoms in total. The third-order valence-corrected chi connectivity index (χ3v) is 6.82. The van der Waals surface area contributed by atoms with E-state index in [1.807, 2.05) is 13.8 Å². The Hall–Kier alpha value is -3.11. The molecule has 0 saturated heterocycles. The van der Waals surface area contributed by atoms with Gasteiger partial charge in [-0.2, -0.15) is 0 Å². The molecule has 0 bridgehead atoms. The highest BCUT2D eigenvalue weighted by atomic mass is 28.3. The molecule has 1 aliphatic heterocycles. The summed E-state index contributed by atoms with van der Waals surface area (Å²) in [5.41, 5.74) is 2.09. The summed E-state index contributed by atoms with van der Waals surface area (Å²) >= 11 is 0. The molecule has 0 spiro atoms. The summed E-state index contributed by atoms with van der Waals surface area (Å²) in [7, 11) is 2.80. The number of hydrogen-bond acceptors (Lipinski definition) is 7. The molecule has 0 fully saturated rings. The van der Waals surface area contributed by atoms with E-state index >= 15 is 0 Å². The quantitative estimate of drug-likeness (QED) is 0.205. The van der Waals surface area contributed by atoms with Gasteiger partial charge in [0.15, 0.2) is 11.9 Å². The smallest absolute Gasteiger partial charge is 0.274 e. The largest absolute Gasteiger partial charge is 0.497 e. The first-order valence-electron chi connectivity index (χ1n) is 11.2. The van der Waals surface area contributed by atoms with Gasteiger partial charge in [0, 0.05) is 57.6 Å². The Morgan fingerprint density at radius 1 is 1.29 bits per heavy atom.